The molecule has 1 N–H and O–H groups in total. The zero-order chi connectivity index (χ0) is 13.4. The van der Waals surface area contributed by atoms with Crippen molar-refractivity contribution in [1.29, 1.82) is 0 Å². The average molecular weight is 255 g/mol. The molecule has 18 heavy (non-hydrogen) atoms. The summed E-state index contributed by atoms with van der Waals surface area (Å²) < 4.78 is 24.1. The molecule has 102 valence electrons. The van der Waals surface area contributed by atoms with E-state index in [4.69, 9.17) is 9.47 Å². The predicted molar refractivity (Wildman–Crippen MR) is 70.5 cm³/mol. The number of nitrogens with one attached hydrogen (secondary N) is 1. The Morgan fingerprint density at radius 3 is 2.72 bits per heavy atom. The van der Waals surface area contributed by atoms with Crippen LogP contribution >= 0.6 is 0 Å². The van der Waals surface area contributed by atoms with Gasteiger partial charge in [0.1, 0.15) is 18.2 Å². The van der Waals surface area contributed by atoms with Crippen molar-refractivity contribution < 1.29 is 13.9 Å². The Hall–Kier alpha value is -1.13. The standard InChI is InChI=1S/C14H22FNO2/c1-4-7-17-8-9-18-14-10-12(15)5-6-13(14)11(2)16-3/h5-6,10-11,16H,4,7-9H2,1-3H3. The van der Waals surface area contributed by atoms with Crippen LogP contribution in [0.3, 0.4) is 0 Å². The number of benzene rings is 1. The van der Waals surface area contributed by atoms with Crippen molar-refractivity contribution in [2.24, 2.45) is 0 Å². The van der Waals surface area contributed by atoms with Crippen LogP contribution in [0.4, 0.5) is 4.39 Å². The van der Waals surface area contributed by atoms with Crippen molar-refractivity contribution in [3.63, 3.8) is 0 Å². The molecule has 1 unspecified atom stereocenters. The third kappa shape index (κ3) is 4.63. The van der Waals surface area contributed by atoms with E-state index in [1.165, 1.54) is 12.1 Å². The molecule has 0 aliphatic rings. The molecule has 3 nitrogen and oxygen atoms in total. The molecule has 0 fully saturated rings. The van der Waals surface area contributed by atoms with Gasteiger partial charge in [0.25, 0.3) is 0 Å². The number of rotatable bonds is 8. The largest absolute Gasteiger partial charge is 0.491 e. The van der Waals surface area contributed by atoms with E-state index in [1.54, 1.807) is 6.07 Å². The van der Waals surface area contributed by atoms with E-state index in [0.29, 0.717) is 19.0 Å². The fourth-order valence-corrected chi connectivity index (χ4v) is 1.60. The lowest BCUT2D eigenvalue weighted by molar-refractivity contribution is 0.1000. The van der Waals surface area contributed by atoms with Crippen LogP contribution in [0.2, 0.25) is 0 Å². The van der Waals surface area contributed by atoms with E-state index in [-0.39, 0.29) is 11.9 Å². The fourth-order valence-electron chi connectivity index (χ4n) is 1.60. The van der Waals surface area contributed by atoms with Gasteiger partial charge in [-0.25, -0.2) is 4.39 Å². The smallest absolute Gasteiger partial charge is 0.127 e. The SMILES string of the molecule is CCCOCCOc1cc(F)ccc1C(C)NC. The van der Waals surface area contributed by atoms with E-state index >= 15 is 0 Å². The van der Waals surface area contributed by atoms with Gasteiger partial charge in [0, 0.05) is 24.3 Å². The normalized spacial score (nSPS) is 12.4. The Labute approximate surface area is 108 Å². The van der Waals surface area contributed by atoms with Crippen LogP contribution in [0.1, 0.15) is 31.9 Å². The Kier molecular flexibility index (Phi) is 6.68. The van der Waals surface area contributed by atoms with Crippen LogP contribution in [-0.4, -0.2) is 26.9 Å². The zero-order valence-corrected chi connectivity index (χ0v) is 11.3. The van der Waals surface area contributed by atoms with Gasteiger partial charge in [-0.05, 0) is 26.5 Å². The third-order valence-electron chi connectivity index (χ3n) is 2.71. The molecule has 0 aromatic heterocycles. The van der Waals surface area contributed by atoms with E-state index in [0.717, 1.165) is 18.6 Å². The van der Waals surface area contributed by atoms with E-state index in [9.17, 15) is 4.39 Å². The molecule has 0 aliphatic carbocycles. The van der Waals surface area contributed by atoms with E-state index in [1.807, 2.05) is 14.0 Å². The van der Waals surface area contributed by atoms with Gasteiger partial charge in [-0.2, -0.15) is 0 Å². The predicted octanol–water partition coefficient (Wildman–Crippen LogP) is 2.91. The second-order valence-electron chi connectivity index (χ2n) is 4.15. The first-order valence-electron chi connectivity index (χ1n) is 6.36. The highest BCUT2D eigenvalue weighted by Crippen LogP contribution is 2.25. The molecule has 0 saturated carbocycles. The van der Waals surface area contributed by atoms with Crippen LogP contribution in [0.15, 0.2) is 18.2 Å². The number of halogens is 1. The molecule has 0 radical (unpaired) electrons. The lowest BCUT2D eigenvalue weighted by Gasteiger charge is -2.16. The minimum Gasteiger partial charge on any atom is -0.491 e. The highest BCUT2D eigenvalue weighted by atomic mass is 19.1. The number of hydrogen-bond donors (Lipinski definition) is 1. The molecule has 0 saturated heterocycles. The molecular formula is C14H22FNO2. The summed E-state index contributed by atoms with van der Waals surface area (Å²) in [5.41, 5.74) is 0.953. The molecule has 1 rings (SSSR count). The van der Waals surface area contributed by atoms with Gasteiger partial charge in [-0.15, -0.1) is 0 Å². The lowest BCUT2D eigenvalue weighted by atomic mass is 10.1. The first-order valence-corrected chi connectivity index (χ1v) is 6.36. The van der Waals surface area contributed by atoms with Gasteiger partial charge in [-0.3, -0.25) is 0 Å². The molecule has 0 heterocycles. The lowest BCUT2D eigenvalue weighted by Crippen LogP contribution is -2.15. The Bertz CT molecular complexity index is 358. The van der Waals surface area contributed by atoms with Gasteiger partial charge in [0.15, 0.2) is 0 Å². The highest BCUT2D eigenvalue weighted by molar-refractivity contribution is 5.36. The van der Waals surface area contributed by atoms with Gasteiger partial charge < -0.3 is 14.8 Å². The molecule has 1 aromatic rings. The summed E-state index contributed by atoms with van der Waals surface area (Å²) in [6, 6.07) is 4.74. The van der Waals surface area contributed by atoms with Crippen LogP contribution in [0.5, 0.6) is 5.75 Å². The molecule has 0 bridgehead atoms. The summed E-state index contributed by atoms with van der Waals surface area (Å²) >= 11 is 0. The Morgan fingerprint density at radius 2 is 2.06 bits per heavy atom. The summed E-state index contributed by atoms with van der Waals surface area (Å²) in [5.74, 6) is 0.295. The topological polar surface area (TPSA) is 30.5 Å². The van der Waals surface area contributed by atoms with Gasteiger partial charge in [-0.1, -0.05) is 13.0 Å². The summed E-state index contributed by atoms with van der Waals surface area (Å²) in [6.07, 6.45) is 0.988. The van der Waals surface area contributed by atoms with Gasteiger partial charge in [0.05, 0.1) is 6.61 Å². The summed E-state index contributed by atoms with van der Waals surface area (Å²) in [5, 5.41) is 3.12. The maximum atomic E-state index is 13.2. The first kappa shape index (κ1) is 14.9. The summed E-state index contributed by atoms with van der Waals surface area (Å²) in [7, 11) is 1.86. The molecule has 0 aliphatic heterocycles. The van der Waals surface area contributed by atoms with E-state index in [2.05, 4.69) is 12.2 Å². The third-order valence-corrected chi connectivity index (χ3v) is 2.71. The maximum Gasteiger partial charge on any atom is 0.127 e. The van der Waals surface area contributed by atoms with Crippen molar-refractivity contribution in [3.05, 3.63) is 29.6 Å². The molecule has 0 amide bonds. The molecular weight excluding hydrogens is 233 g/mol. The minimum absolute atomic E-state index is 0.122. The minimum atomic E-state index is -0.286. The summed E-state index contributed by atoms with van der Waals surface area (Å²) in [4.78, 5) is 0. The van der Waals surface area contributed by atoms with Crippen LogP contribution in [0.25, 0.3) is 0 Å². The van der Waals surface area contributed by atoms with Crippen molar-refractivity contribution in [1.82, 2.24) is 5.32 Å². The van der Waals surface area contributed by atoms with Crippen LogP contribution < -0.4 is 10.1 Å². The molecule has 1 atom stereocenters. The van der Waals surface area contributed by atoms with Gasteiger partial charge >= 0.3 is 0 Å². The molecule has 1 aromatic carbocycles. The second-order valence-corrected chi connectivity index (χ2v) is 4.15. The van der Waals surface area contributed by atoms with Crippen LogP contribution in [-0.2, 0) is 4.74 Å². The van der Waals surface area contributed by atoms with E-state index < -0.39 is 0 Å². The van der Waals surface area contributed by atoms with Crippen molar-refractivity contribution in [2.75, 3.05) is 26.9 Å². The van der Waals surface area contributed by atoms with Crippen LogP contribution in [0, 0.1) is 5.82 Å². The number of ether oxygens (including phenoxy) is 2. The quantitative estimate of drug-likeness (QED) is 0.724. The molecule has 0 spiro atoms. The summed E-state index contributed by atoms with van der Waals surface area (Å²) in [6.45, 7) is 5.75. The zero-order valence-electron chi connectivity index (χ0n) is 11.3. The second kappa shape index (κ2) is 8.06. The highest BCUT2D eigenvalue weighted by Gasteiger charge is 2.11. The van der Waals surface area contributed by atoms with Gasteiger partial charge in [0.2, 0.25) is 0 Å². The Morgan fingerprint density at radius 1 is 1.28 bits per heavy atom. The number of hydrogen-bond acceptors (Lipinski definition) is 3. The molecule has 4 heteroatoms. The maximum absolute atomic E-state index is 13.2. The van der Waals surface area contributed by atoms with Crippen molar-refractivity contribution in [2.45, 2.75) is 26.3 Å². The average Bonchev–Trinajstić information content (AvgIpc) is 2.38. The monoisotopic (exact) mass is 255 g/mol. The Balaban J connectivity index is 2.59. The van der Waals surface area contributed by atoms with Crippen molar-refractivity contribution >= 4 is 0 Å². The van der Waals surface area contributed by atoms with Crippen molar-refractivity contribution in [3.8, 4) is 5.75 Å². The first-order chi connectivity index (χ1) is 8.69. The fraction of sp³-hybridized carbons (Fsp3) is 0.571.